The largest absolute Gasteiger partial charge is 0.315 e. The monoisotopic (exact) mass is 267 g/mol. The van der Waals surface area contributed by atoms with Crippen molar-refractivity contribution in [2.24, 2.45) is 5.92 Å². The Morgan fingerprint density at radius 3 is 2.82 bits per heavy atom. The van der Waals surface area contributed by atoms with Crippen molar-refractivity contribution in [1.29, 1.82) is 0 Å². The lowest BCUT2D eigenvalue weighted by Crippen LogP contribution is -2.36. The summed E-state index contributed by atoms with van der Waals surface area (Å²) in [5, 5.41) is 4.78. The molecule has 1 aliphatic heterocycles. The summed E-state index contributed by atoms with van der Waals surface area (Å²) in [6, 6.07) is 8.77. The Bertz CT molecular complexity index is 365. The van der Waals surface area contributed by atoms with E-state index in [4.69, 9.17) is 11.6 Å². The van der Waals surface area contributed by atoms with E-state index in [0.29, 0.717) is 5.38 Å². The first kappa shape index (κ1) is 11.9. The Hall–Kier alpha value is -0.180. The van der Waals surface area contributed by atoms with E-state index in [9.17, 15) is 0 Å². The van der Waals surface area contributed by atoms with Crippen LogP contribution in [0.3, 0.4) is 0 Å². The van der Waals surface area contributed by atoms with Crippen molar-refractivity contribution in [2.45, 2.75) is 34.8 Å². The lowest BCUT2D eigenvalue weighted by Gasteiger charge is -2.31. The van der Waals surface area contributed by atoms with Crippen molar-refractivity contribution in [2.75, 3.05) is 13.1 Å². The van der Waals surface area contributed by atoms with Crippen LogP contribution in [0.15, 0.2) is 29.2 Å². The van der Waals surface area contributed by atoms with Crippen LogP contribution in [0, 0.1) is 5.92 Å². The second-order valence-electron chi connectivity index (χ2n) is 5.14. The third-order valence-corrected chi connectivity index (χ3v) is 5.37. The van der Waals surface area contributed by atoms with Gasteiger partial charge >= 0.3 is 0 Å². The van der Waals surface area contributed by atoms with Gasteiger partial charge < -0.3 is 5.32 Å². The second-order valence-corrected chi connectivity index (χ2v) is 7.10. The molecular formula is C14H18ClNS. The molecule has 0 radical (unpaired) electrons. The van der Waals surface area contributed by atoms with Gasteiger partial charge in [-0.05, 0) is 43.4 Å². The van der Waals surface area contributed by atoms with Crippen LogP contribution in [0.1, 0.15) is 18.4 Å². The average molecular weight is 268 g/mol. The quantitative estimate of drug-likeness (QED) is 0.840. The Morgan fingerprint density at radius 2 is 2.06 bits per heavy atom. The number of thioether (sulfide) groups is 1. The van der Waals surface area contributed by atoms with Crippen LogP contribution in [0.4, 0.5) is 0 Å². The number of alkyl halides is 1. The molecule has 1 aromatic rings. The van der Waals surface area contributed by atoms with Crippen LogP contribution in [0.2, 0.25) is 0 Å². The highest BCUT2D eigenvalue weighted by Gasteiger charge is 2.27. The van der Waals surface area contributed by atoms with Crippen LogP contribution >= 0.6 is 23.4 Å². The highest BCUT2D eigenvalue weighted by molar-refractivity contribution is 8.00. The van der Waals surface area contributed by atoms with Crippen molar-refractivity contribution in [3.63, 3.8) is 0 Å². The van der Waals surface area contributed by atoms with Crippen LogP contribution < -0.4 is 5.32 Å². The maximum absolute atomic E-state index is 5.98. The van der Waals surface area contributed by atoms with E-state index in [-0.39, 0.29) is 0 Å². The molecule has 3 rings (SSSR count). The summed E-state index contributed by atoms with van der Waals surface area (Å²) < 4.78 is 0. The van der Waals surface area contributed by atoms with Crippen molar-refractivity contribution in [3.8, 4) is 0 Å². The topological polar surface area (TPSA) is 12.0 Å². The van der Waals surface area contributed by atoms with Gasteiger partial charge in [-0.2, -0.15) is 0 Å². The highest BCUT2D eigenvalue weighted by atomic mass is 35.5. The zero-order chi connectivity index (χ0) is 11.7. The summed E-state index contributed by atoms with van der Waals surface area (Å²) >= 11 is 8.00. The highest BCUT2D eigenvalue weighted by Crippen LogP contribution is 2.36. The van der Waals surface area contributed by atoms with E-state index in [1.807, 2.05) is 11.8 Å². The van der Waals surface area contributed by atoms with Gasteiger partial charge in [-0.1, -0.05) is 18.2 Å². The second kappa shape index (κ2) is 5.21. The molecule has 1 aliphatic carbocycles. The molecular weight excluding hydrogens is 250 g/mol. The Balaban J connectivity index is 1.40. The average Bonchev–Trinajstić information content (AvgIpc) is 2.69. The molecule has 0 amide bonds. The molecule has 1 heterocycles. The molecule has 2 aliphatic rings. The molecule has 1 N–H and O–H groups in total. The predicted octanol–water partition coefficient (Wildman–Crippen LogP) is 3.31. The van der Waals surface area contributed by atoms with Crippen molar-refractivity contribution < 1.29 is 0 Å². The van der Waals surface area contributed by atoms with Gasteiger partial charge in [0.1, 0.15) is 0 Å². The lowest BCUT2D eigenvalue weighted by molar-refractivity contribution is 0.309. The van der Waals surface area contributed by atoms with Gasteiger partial charge in [-0.25, -0.2) is 0 Å². The van der Waals surface area contributed by atoms with Gasteiger partial charge in [0.25, 0.3) is 0 Å². The first-order valence-electron chi connectivity index (χ1n) is 6.40. The molecule has 1 saturated carbocycles. The normalized spacial score (nSPS) is 31.0. The zero-order valence-corrected chi connectivity index (χ0v) is 11.4. The van der Waals surface area contributed by atoms with E-state index in [2.05, 4.69) is 29.6 Å². The molecule has 0 saturated heterocycles. The smallest absolute Gasteiger partial charge is 0.0342 e. The minimum absolute atomic E-state index is 0.451. The summed E-state index contributed by atoms with van der Waals surface area (Å²) in [6.45, 7) is 2.28. The Labute approximate surface area is 112 Å². The Kier molecular flexibility index (Phi) is 3.64. The predicted molar refractivity (Wildman–Crippen MR) is 75.0 cm³/mol. The maximum atomic E-state index is 5.98. The standard InChI is InChI=1S/C14H18ClNS/c15-12-5-10(6-12)8-16-9-13-7-11-3-1-2-4-14(11)17-13/h1-4,10,12-13,16H,5-9H2. The maximum Gasteiger partial charge on any atom is 0.0342 e. The van der Waals surface area contributed by atoms with E-state index in [0.717, 1.165) is 24.3 Å². The molecule has 0 spiro atoms. The number of hydrogen-bond donors (Lipinski definition) is 1. The first-order valence-corrected chi connectivity index (χ1v) is 7.72. The summed E-state index contributed by atoms with van der Waals surface area (Å²) in [6.07, 6.45) is 3.62. The number of halogens is 1. The summed E-state index contributed by atoms with van der Waals surface area (Å²) in [7, 11) is 0. The molecule has 1 atom stereocenters. The van der Waals surface area contributed by atoms with Gasteiger partial charge in [0.05, 0.1) is 0 Å². The summed E-state index contributed by atoms with van der Waals surface area (Å²) in [5.74, 6) is 0.825. The molecule has 0 bridgehead atoms. The van der Waals surface area contributed by atoms with Crippen LogP contribution in [-0.4, -0.2) is 23.7 Å². The van der Waals surface area contributed by atoms with Gasteiger partial charge in [0.2, 0.25) is 0 Å². The molecule has 17 heavy (non-hydrogen) atoms. The minimum Gasteiger partial charge on any atom is -0.315 e. The minimum atomic E-state index is 0.451. The van der Waals surface area contributed by atoms with Crippen LogP contribution in [0.5, 0.6) is 0 Å². The van der Waals surface area contributed by atoms with Crippen molar-refractivity contribution >= 4 is 23.4 Å². The van der Waals surface area contributed by atoms with E-state index in [1.165, 1.54) is 29.7 Å². The molecule has 1 nitrogen and oxygen atoms in total. The first-order chi connectivity index (χ1) is 8.31. The number of benzene rings is 1. The van der Waals surface area contributed by atoms with Crippen molar-refractivity contribution in [3.05, 3.63) is 29.8 Å². The molecule has 1 unspecified atom stereocenters. The van der Waals surface area contributed by atoms with Gasteiger partial charge in [0, 0.05) is 22.1 Å². The molecule has 0 aromatic heterocycles. The fourth-order valence-electron chi connectivity index (χ4n) is 2.64. The fourth-order valence-corrected chi connectivity index (χ4v) is 4.42. The third kappa shape index (κ3) is 2.81. The SMILES string of the molecule is ClC1CC(CNCC2Cc3ccccc3S2)C1. The van der Waals surface area contributed by atoms with E-state index in [1.54, 1.807) is 0 Å². The van der Waals surface area contributed by atoms with Crippen LogP contribution in [0.25, 0.3) is 0 Å². The van der Waals surface area contributed by atoms with Gasteiger partial charge in [-0.3, -0.25) is 0 Å². The number of nitrogens with one attached hydrogen (secondary N) is 1. The Morgan fingerprint density at radius 1 is 1.24 bits per heavy atom. The third-order valence-electron chi connectivity index (χ3n) is 3.70. The fraction of sp³-hybridized carbons (Fsp3) is 0.571. The molecule has 3 heteroatoms. The molecule has 1 aromatic carbocycles. The van der Waals surface area contributed by atoms with E-state index < -0.39 is 0 Å². The van der Waals surface area contributed by atoms with E-state index >= 15 is 0 Å². The number of fused-ring (bicyclic) bond motifs is 1. The summed E-state index contributed by atoms with van der Waals surface area (Å²) in [5.41, 5.74) is 1.52. The van der Waals surface area contributed by atoms with Gasteiger partial charge in [0.15, 0.2) is 0 Å². The van der Waals surface area contributed by atoms with Crippen LogP contribution in [-0.2, 0) is 6.42 Å². The zero-order valence-electron chi connectivity index (χ0n) is 9.86. The molecule has 1 fully saturated rings. The molecule has 92 valence electrons. The lowest BCUT2D eigenvalue weighted by atomic mass is 9.85. The summed E-state index contributed by atoms with van der Waals surface area (Å²) in [4.78, 5) is 1.48. The van der Waals surface area contributed by atoms with Crippen molar-refractivity contribution in [1.82, 2.24) is 5.32 Å². The number of rotatable bonds is 4. The van der Waals surface area contributed by atoms with Gasteiger partial charge in [-0.15, -0.1) is 23.4 Å². The number of hydrogen-bond acceptors (Lipinski definition) is 2.